The molecule has 2 N–H and O–H groups in total. The Bertz CT molecular complexity index is 317. The van der Waals surface area contributed by atoms with E-state index in [-0.39, 0.29) is 5.76 Å². The molecule has 0 atom stereocenters. The van der Waals surface area contributed by atoms with E-state index in [2.05, 4.69) is 19.2 Å². The third-order valence-corrected chi connectivity index (χ3v) is 2.07. The molecular formula is C11H17NO3. The lowest BCUT2D eigenvalue weighted by Crippen LogP contribution is -2.02. The molecule has 0 bridgehead atoms. The zero-order valence-electron chi connectivity index (χ0n) is 9.12. The number of carboxylic acids is 1. The van der Waals surface area contributed by atoms with Crippen LogP contribution in [0.25, 0.3) is 0 Å². The second-order valence-electron chi connectivity index (χ2n) is 3.93. The first-order valence-electron chi connectivity index (χ1n) is 5.16. The molecule has 0 aliphatic carbocycles. The number of aromatic carboxylic acids is 1. The van der Waals surface area contributed by atoms with Crippen molar-refractivity contribution in [3.8, 4) is 0 Å². The largest absolute Gasteiger partial charge is 0.475 e. The van der Waals surface area contributed by atoms with Crippen molar-refractivity contribution in [2.45, 2.75) is 26.7 Å². The first kappa shape index (κ1) is 11.6. The van der Waals surface area contributed by atoms with E-state index < -0.39 is 5.97 Å². The van der Waals surface area contributed by atoms with E-state index in [1.165, 1.54) is 6.07 Å². The highest BCUT2D eigenvalue weighted by Gasteiger charge is 2.07. The summed E-state index contributed by atoms with van der Waals surface area (Å²) in [5.74, 6) is 0.153. The topological polar surface area (TPSA) is 62.5 Å². The van der Waals surface area contributed by atoms with Crippen molar-refractivity contribution >= 4 is 11.9 Å². The quantitative estimate of drug-likeness (QED) is 0.710. The summed E-state index contributed by atoms with van der Waals surface area (Å²) in [5, 5.41) is 11.7. The van der Waals surface area contributed by atoms with Gasteiger partial charge < -0.3 is 14.8 Å². The zero-order chi connectivity index (χ0) is 11.3. The van der Waals surface area contributed by atoms with E-state index in [1.807, 2.05) is 0 Å². The fourth-order valence-electron chi connectivity index (χ4n) is 1.27. The molecule has 0 radical (unpaired) electrons. The summed E-state index contributed by atoms with van der Waals surface area (Å²) < 4.78 is 5.04. The fraction of sp³-hybridized carbons (Fsp3) is 0.545. The maximum Gasteiger partial charge on any atom is 0.371 e. The van der Waals surface area contributed by atoms with E-state index in [4.69, 9.17) is 9.52 Å². The zero-order valence-corrected chi connectivity index (χ0v) is 9.12. The normalized spacial score (nSPS) is 10.6. The molecule has 4 nitrogen and oxygen atoms in total. The summed E-state index contributed by atoms with van der Waals surface area (Å²) in [7, 11) is 0. The lowest BCUT2D eigenvalue weighted by Gasteiger charge is -2.04. The van der Waals surface area contributed by atoms with Gasteiger partial charge in [0, 0.05) is 12.6 Å². The minimum Gasteiger partial charge on any atom is -0.475 e. The van der Waals surface area contributed by atoms with Crippen LogP contribution in [0.2, 0.25) is 0 Å². The number of furan rings is 1. The average Bonchev–Trinajstić information content (AvgIpc) is 2.60. The number of anilines is 1. The molecule has 0 aliphatic rings. The summed E-state index contributed by atoms with van der Waals surface area (Å²) >= 11 is 0. The van der Waals surface area contributed by atoms with Gasteiger partial charge in [-0.25, -0.2) is 4.79 Å². The molecule has 15 heavy (non-hydrogen) atoms. The van der Waals surface area contributed by atoms with Crippen LogP contribution in [0, 0.1) is 5.92 Å². The van der Waals surface area contributed by atoms with E-state index in [0.717, 1.165) is 19.4 Å². The number of hydrogen-bond donors (Lipinski definition) is 2. The van der Waals surface area contributed by atoms with Gasteiger partial charge in [-0.05, 0) is 24.8 Å². The van der Waals surface area contributed by atoms with Crippen molar-refractivity contribution < 1.29 is 14.3 Å². The van der Waals surface area contributed by atoms with E-state index in [0.29, 0.717) is 11.8 Å². The van der Waals surface area contributed by atoms with Gasteiger partial charge in [0.05, 0.1) is 0 Å². The second kappa shape index (κ2) is 5.44. The maximum atomic E-state index is 10.5. The van der Waals surface area contributed by atoms with Gasteiger partial charge in [0.15, 0.2) is 5.88 Å². The number of nitrogens with one attached hydrogen (secondary N) is 1. The Labute approximate surface area is 89.3 Å². The number of rotatable bonds is 6. The van der Waals surface area contributed by atoms with E-state index in [1.54, 1.807) is 6.07 Å². The fourth-order valence-corrected chi connectivity index (χ4v) is 1.27. The molecule has 0 fully saturated rings. The molecule has 0 unspecified atom stereocenters. The molecule has 1 rings (SSSR count). The van der Waals surface area contributed by atoms with E-state index in [9.17, 15) is 4.79 Å². The van der Waals surface area contributed by atoms with Gasteiger partial charge in [0.25, 0.3) is 0 Å². The molecule has 0 amide bonds. The third-order valence-electron chi connectivity index (χ3n) is 2.07. The molecule has 4 heteroatoms. The molecule has 0 spiro atoms. The SMILES string of the molecule is CC(C)CCCNc1ccc(C(=O)O)o1. The van der Waals surface area contributed by atoms with Crippen molar-refractivity contribution in [2.75, 3.05) is 11.9 Å². The number of carbonyl (C=O) groups is 1. The Balaban J connectivity index is 2.29. The van der Waals surface area contributed by atoms with Crippen molar-refractivity contribution in [3.63, 3.8) is 0 Å². The first-order valence-corrected chi connectivity index (χ1v) is 5.16. The first-order chi connectivity index (χ1) is 7.09. The Morgan fingerprint density at radius 2 is 2.27 bits per heavy atom. The minimum absolute atomic E-state index is 0.0265. The lowest BCUT2D eigenvalue weighted by atomic mass is 10.1. The summed E-state index contributed by atoms with van der Waals surface area (Å²) in [4.78, 5) is 10.5. The predicted octanol–water partition coefficient (Wildman–Crippen LogP) is 2.83. The molecule has 0 aromatic carbocycles. The number of carboxylic acid groups (broad SMARTS) is 1. The minimum atomic E-state index is -1.04. The summed E-state index contributed by atoms with van der Waals surface area (Å²) in [6.07, 6.45) is 2.21. The van der Waals surface area contributed by atoms with Gasteiger partial charge >= 0.3 is 5.97 Å². The molecule has 1 aromatic heterocycles. The van der Waals surface area contributed by atoms with Gasteiger partial charge in [-0.3, -0.25) is 0 Å². The summed E-state index contributed by atoms with van der Waals surface area (Å²) in [6.45, 7) is 5.16. The molecule has 1 aromatic rings. The van der Waals surface area contributed by atoms with Crippen molar-refractivity contribution in [3.05, 3.63) is 17.9 Å². The Hall–Kier alpha value is -1.45. The monoisotopic (exact) mass is 211 g/mol. The Morgan fingerprint density at radius 3 is 2.80 bits per heavy atom. The molecule has 0 aliphatic heterocycles. The van der Waals surface area contributed by atoms with Crippen LogP contribution in [0.3, 0.4) is 0 Å². The highest BCUT2D eigenvalue weighted by molar-refractivity contribution is 5.84. The van der Waals surface area contributed by atoms with Crippen molar-refractivity contribution in [1.29, 1.82) is 0 Å². The Kier molecular flexibility index (Phi) is 4.21. The number of hydrogen-bond acceptors (Lipinski definition) is 3. The van der Waals surface area contributed by atoms with Crippen LogP contribution >= 0.6 is 0 Å². The molecule has 1 heterocycles. The van der Waals surface area contributed by atoms with Crippen LogP contribution in [0.5, 0.6) is 0 Å². The van der Waals surface area contributed by atoms with Crippen LogP contribution in [0.1, 0.15) is 37.2 Å². The van der Waals surface area contributed by atoms with Crippen LogP contribution in [0.4, 0.5) is 5.88 Å². The maximum absolute atomic E-state index is 10.5. The lowest BCUT2D eigenvalue weighted by molar-refractivity contribution is 0.0663. The van der Waals surface area contributed by atoms with Crippen LogP contribution in [-0.2, 0) is 0 Å². The van der Waals surface area contributed by atoms with Gasteiger partial charge in [0.2, 0.25) is 5.76 Å². The van der Waals surface area contributed by atoms with Gasteiger partial charge in [0.1, 0.15) is 0 Å². The summed E-state index contributed by atoms with van der Waals surface area (Å²) in [6, 6.07) is 3.09. The van der Waals surface area contributed by atoms with Gasteiger partial charge in [-0.15, -0.1) is 0 Å². The predicted molar refractivity (Wildman–Crippen MR) is 58.2 cm³/mol. The third kappa shape index (κ3) is 4.06. The van der Waals surface area contributed by atoms with Crippen LogP contribution in [0.15, 0.2) is 16.5 Å². The van der Waals surface area contributed by atoms with E-state index >= 15 is 0 Å². The second-order valence-corrected chi connectivity index (χ2v) is 3.93. The molecule has 84 valence electrons. The molecular weight excluding hydrogens is 194 g/mol. The van der Waals surface area contributed by atoms with Crippen molar-refractivity contribution in [1.82, 2.24) is 0 Å². The summed E-state index contributed by atoms with van der Waals surface area (Å²) in [5.41, 5.74) is 0. The van der Waals surface area contributed by atoms with Gasteiger partial charge in [-0.1, -0.05) is 13.8 Å². The highest BCUT2D eigenvalue weighted by Crippen LogP contribution is 2.13. The standard InChI is InChI=1S/C11H17NO3/c1-8(2)4-3-7-12-10-6-5-9(15-10)11(13)14/h5-6,8,12H,3-4,7H2,1-2H3,(H,13,14). The smallest absolute Gasteiger partial charge is 0.371 e. The van der Waals surface area contributed by atoms with Gasteiger partial charge in [-0.2, -0.15) is 0 Å². The molecule has 0 saturated carbocycles. The Morgan fingerprint density at radius 1 is 1.53 bits per heavy atom. The van der Waals surface area contributed by atoms with Crippen LogP contribution < -0.4 is 5.32 Å². The van der Waals surface area contributed by atoms with Crippen LogP contribution in [-0.4, -0.2) is 17.6 Å². The average molecular weight is 211 g/mol. The highest BCUT2D eigenvalue weighted by atomic mass is 16.4. The van der Waals surface area contributed by atoms with Crippen molar-refractivity contribution in [2.24, 2.45) is 5.92 Å². The molecule has 0 saturated heterocycles.